The first-order chi connectivity index (χ1) is 9.68. The summed E-state index contributed by atoms with van der Waals surface area (Å²) >= 11 is 0. The Kier molecular flexibility index (Phi) is 5.65. The van der Waals surface area contributed by atoms with Crippen LogP contribution in [0, 0.1) is 13.8 Å². The number of carboxylic acid groups (broad SMARTS) is 1. The van der Waals surface area contributed by atoms with Gasteiger partial charge in [-0.05, 0) is 25.8 Å². The maximum absolute atomic E-state index is 11.9. The summed E-state index contributed by atoms with van der Waals surface area (Å²) in [5.74, 6) is -1.04. The van der Waals surface area contributed by atoms with Crippen LogP contribution in [0.25, 0.3) is 0 Å². The van der Waals surface area contributed by atoms with Gasteiger partial charge in [0.05, 0.1) is 5.75 Å². The summed E-state index contributed by atoms with van der Waals surface area (Å²) < 4.78 is 24.4. The van der Waals surface area contributed by atoms with Crippen molar-refractivity contribution in [3.05, 3.63) is 27.4 Å². The van der Waals surface area contributed by atoms with Crippen LogP contribution in [0.3, 0.4) is 0 Å². The molecule has 1 heterocycles. The summed E-state index contributed by atoms with van der Waals surface area (Å²) in [5, 5.41) is 8.75. The normalized spacial score (nSPS) is 11.6. The summed E-state index contributed by atoms with van der Waals surface area (Å²) in [7, 11) is -3.18. The molecule has 21 heavy (non-hydrogen) atoms. The molecule has 1 N–H and O–H groups in total. The first-order valence-corrected chi connectivity index (χ1v) is 8.49. The minimum Gasteiger partial charge on any atom is -0.481 e. The van der Waals surface area contributed by atoms with Gasteiger partial charge < -0.3 is 5.11 Å². The third-order valence-corrected chi connectivity index (χ3v) is 5.11. The van der Waals surface area contributed by atoms with E-state index < -0.39 is 21.5 Å². The van der Waals surface area contributed by atoms with E-state index in [-0.39, 0.29) is 30.9 Å². The number of aromatic nitrogens is 2. The van der Waals surface area contributed by atoms with Crippen molar-refractivity contribution in [2.45, 2.75) is 40.2 Å². The second-order valence-corrected chi connectivity index (χ2v) is 7.30. The van der Waals surface area contributed by atoms with Crippen LogP contribution in [0.2, 0.25) is 0 Å². The van der Waals surface area contributed by atoms with Crippen molar-refractivity contribution < 1.29 is 18.3 Å². The number of carboxylic acids is 1. The number of hydrogen-bond acceptors (Lipinski definition) is 5. The lowest BCUT2D eigenvalue weighted by atomic mass is 10.1. The highest BCUT2D eigenvalue weighted by atomic mass is 32.2. The summed E-state index contributed by atoms with van der Waals surface area (Å²) in [6.45, 7) is 4.93. The van der Waals surface area contributed by atoms with Crippen LogP contribution in [0.4, 0.5) is 0 Å². The molecule has 1 aromatic rings. The number of rotatable bonds is 7. The van der Waals surface area contributed by atoms with Gasteiger partial charge in [-0.1, -0.05) is 6.92 Å². The highest BCUT2D eigenvalue weighted by Crippen LogP contribution is 2.12. The van der Waals surface area contributed by atoms with Gasteiger partial charge in [-0.3, -0.25) is 9.36 Å². The van der Waals surface area contributed by atoms with E-state index in [9.17, 15) is 18.0 Å². The lowest BCUT2D eigenvalue weighted by Crippen LogP contribution is -2.30. The maximum Gasteiger partial charge on any atom is 0.348 e. The first kappa shape index (κ1) is 17.4. The molecule has 0 fully saturated rings. The van der Waals surface area contributed by atoms with Crippen molar-refractivity contribution in [2.24, 2.45) is 0 Å². The average Bonchev–Trinajstić information content (AvgIpc) is 2.37. The molecule has 0 bridgehead atoms. The Labute approximate surface area is 123 Å². The number of sulfone groups is 1. The standard InChI is InChI=1S/C13H20N2O5S/c1-4-21(19,20)8-7-15-10(3)11(5-6-12(16)17)9(2)14-13(15)18/h4-8H2,1-3H3,(H,16,17). The molecule has 0 spiro atoms. The van der Waals surface area contributed by atoms with Crippen molar-refractivity contribution in [2.75, 3.05) is 11.5 Å². The zero-order valence-electron chi connectivity index (χ0n) is 12.4. The molecule has 0 aliphatic carbocycles. The number of aliphatic carboxylic acids is 1. The van der Waals surface area contributed by atoms with E-state index in [0.29, 0.717) is 17.0 Å². The molecule has 0 aliphatic rings. The topological polar surface area (TPSA) is 106 Å². The third-order valence-electron chi connectivity index (χ3n) is 3.43. The second-order valence-electron chi connectivity index (χ2n) is 4.83. The van der Waals surface area contributed by atoms with Gasteiger partial charge in [0.2, 0.25) is 0 Å². The lowest BCUT2D eigenvalue weighted by molar-refractivity contribution is -0.136. The fourth-order valence-electron chi connectivity index (χ4n) is 2.07. The van der Waals surface area contributed by atoms with E-state index in [2.05, 4.69) is 4.98 Å². The van der Waals surface area contributed by atoms with E-state index >= 15 is 0 Å². The second kappa shape index (κ2) is 6.84. The van der Waals surface area contributed by atoms with Crippen LogP contribution in [0.15, 0.2) is 4.79 Å². The molecular weight excluding hydrogens is 296 g/mol. The molecule has 0 unspecified atom stereocenters. The smallest absolute Gasteiger partial charge is 0.348 e. The van der Waals surface area contributed by atoms with E-state index in [1.165, 1.54) is 4.57 Å². The Hall–Kier alpha value is -1.70. The van der Waals surface area contributed by atoms with Gasteiger partial charge in [-0.25, -0.2) is 13.2 Å². The fourth-order valence-corrected chi connectivity index (χ4v) is 2.82. The van der Waals surface area contributed by atoms with Gasteiger partial charge in [0.15, 0.2) is 9.84 Å². The van der Waals surface area contributed by atoms with Crippen molar-refractivity contribution in [1.82, 2.24) is 9.55 Å². The van der Waals surface area contributed by atoms with Crippen LogP contribution in [-0.2, 0) is 27.6 Å². The molecule has 0 aromatic carbocycles. The molecule has 1 aromatic heterocycles. The molecule has 0 saturated heterocycles. The van der Waals surface area contributed by atoms with Crippen LogP contribution in [-0.4, -0.2) is 40.6 Å². The highest BCUT2D eigenvalue weighted by Gasteiger charge is 2.15. The molecule has 0 radical (unpaired) electrons. The third kappa shape index (κ3) is 4.66. The molecule has 0 amide bonds. The summed E-state index contributed by atoms with van der Waals surface area (Å²) in [6.07, 6.45) is 0.204. The summed E-state index contributed by atoms with van der Waals surface area (Å²) in [4.78, 5) is 26.4. The van der Waals surface area contributed by atoms with Crippen LogP contribution in [0.5, 0.6) is 0 Å². The predicted molar refractivity (Wildman–Crippen MR) is 78.3 cm³/mol. The van der Waals surface area contributed by atoms with Gasteiger partial charge in [0, 0.05) is 30.1 Å². The monoisotopic (exact) mass is 316 g/mol. The van der Waals surface area contributed by atoms with E-state index in [4.69, 9.17) is 5.11 Å². The minimum atomic E-state index is -3.18. The number of hydrogen-bond donors (Lipinski definition) is 1. The Morgan fingerprint density at radius 2 is 1.95 bits per heavy atom. The lowest BCUT2D eigenvalue weighted by Gasteiger charge is -2.15. The number of carbonyl (C=O) groups is 1. The molecule has 0 saturated carbocycles. The molecule has 118 valence electrons. The van der Waals surface area contributed by atoms with E-state index in [1.54, 1.807) is 20.8 Å². The zero-order valence-corrected chi connectivity index (χ0v) is 13.2. The fraction of sp³-hybridized carbons (Fsp3) is 0.615. The zero-order chi connectivity index (χ0) is 16.2. The quantitative estimate of drug-likeness (QED) is 0.776. The Morgan fingerprint density at radius 1 is 1.33 bits per heavy atom. The average molecular weight is 316 g/mol. The highest BCUT2D eigenvalue weighted by molar-refractivity contribution is 7.91. The molecule has 8 heteroatoms. The molecule has 0 aliphatic heterocycles. The van der Waals surface area contributed by atoms with Gasteiger partial charge in [-0.2, -0.15) is 4.98 Å². The van der Waals surface area contributed by atoms with E-state index in [1.807, 2.05) is 0 Å². The molecule has 7 nitrogen and oxygen atoms in total. The summed E-state index contributed by atoms with van der Waals surface area (Å²) in [5.41, 5.74) is 1.26. The van der Waals surface area contributed by atoms with Crippen LogP contribution >= 0.6 is 0 Å². The van der Waals surface area contributed by atoms with Crippen molar-refractivity contribution >= 4 is 15.8 Å². The Morgan fingerprint density at radius 3 is 2.48 bits per heavy atom. The Bertz CT molecular complexity index is 691. The van der Waals surface area contributed by atoms with Crippen molar-refractivity contribution in [3.63, 3.8) is 0 Å². The van der Waals surface area contributed by atoms with E-state index in [0.717, 1.165) is 0 Å². The summed E-state index contributed by atoms with van der Waals surface area (Å²) in [6, 6.07) is 0. The first-order valence-electron chi connectivity index (χ1n) is 6.67. The molecular formula is C13H20N2O5S. The Balaban J connectivity index is 3.12. The number of aryl methyl sites for hydroxylation is 1. The van der Waals surface area contributed by atoms with Gasteiger partial charge in [-0.15, -0.1) is 0 Å². The van der Waals surface area contributed by atoms with Crippen molar-refractivity contribution in [3.8, 4) is 0 Å². The van der Waals surface area contributed by atoms with Gasteiger partial charge >= 0.3 is 11.7 Å². The largest absolute Gasteiger partial charge is 0.481 e. The SMILES string of the molecule is CCS(=O)(=O)CCn1c(C)c(CCC(=O)O)c(C)nc1=O. The molecule has 1 rings (SSSR count). The van der Waals surface area contributed by atoms with Gasteiger partial charge in [0.25, 0.3) is 0 Å². The predicted octanol–water partition coefficient (Wildman–Crippen LogP) is 0.312. The molecule has 0 atom stereocenters. The minimum absolute atomic E-state index is 0.0198. The number of nitrogens with zero attached hydrogens (tertiary/aromatic N) is 2. The maximum atomic E-state index is 11.9. The van der Waals surface area contributed by atoms with Crippen LogP contribution < -0.4 is 5.69 Å². The van der Waals surface area contributed by atoms with Gasteiger partial charge in [0.1, 0.15) is 0 Å². The van der Waals surface area contributed by atoms with Crippen LogP contribution in [0.1, 0.15) is 30.3 Å². The van der Waals surface area contributed by atoms with Crippen molar-refractivity contribution in [1.29, 1.82) is 0 Å².